The van der Waals surface area contributed by atoms with Gasteiger partial charge in [0.1, 0.15) is 42.7 Å². The monoisotopic (exact) mass is 442 g/mol. The third kappa shape index (κ3) is 6.32. The van der Waals surface area contributed by atoms with Crippen LogP contribution < -0.4 is 0 Å². The zero-order valence-corrected chi connectivity index (χ0v) is 16.7. The second kappa shape index (κ2) is 11.9. The summed E-state index contributed by atoms with van der Waals surface area (Å²) in [6.07, 6.45) is -8.79. The highest BCUT2D eigenvalue weighted by molar-refractivity contribution is 7.99. The minimum Gasteiger partial charge on any atom is -0.394 e. The molecule has 0 aromatic rings. The van der Waals surface area contributed by atoms with Crippen LogP contribution in [0.15, 0.2) is 12.2 Å². The molecule has 0 unspecified atom stereocenters. The summed E-state index contributed by atoms with van der Waals surface area (Å²) in [6.45, 7) is -0.468. The molecule has 0 aromatic heterocycles. The predicted molar refractivity (Wildman–Crippen MR) is 99.9 cm³/mol. The Balaban J connectivity index is 1.68. The standard InChI is InChI=1S/C17H30O11S/c1-25-16-14(23)13(22)11(20)9(28-16)7-29-5-3-2-4-26-17-15(24)12(21)10(19)8(6-18)27-17/h2-3,8-24H,4-7H2,1H3/b3-2+/t8-,9-,10-,11-,12+,13+,14-,15-,16+,17-/m1/s1. The molecular formula is C17H30O11S. The molecule has 29 heavy (non-hydrogen) atoms. The first-order valence-corrected chi connectivity index (χ1v) is 10.3. The largest absolute Gasteiger partial charge is 0.394 e. The lowest BCUT2D eigenvalue weighted by atomic mass is 9.99. The molecule has 2 rings (SSSR count). The van der Waals surface area contributed by atoms with Crippen molar-refractivity contribution >= 4 is 11.8 Å². The van der Waals surface area contributed by atoms with E-state index in [1.54, 1.807) is 12.2 Å². The Morgan fingerprint density at radius 2 is 1.38 bits per heavy atom. The average Bonchev–Trinajstić information content (AvgIpc) is 2.72. The van der Waals surface area contributed by atoms with E-state index in [0.29, 0.717) is 11.5 Å². The molecule has 0 bridgehead atoms. The van der Waals surface area contributed by atoms with Crippen LogP contribution >= 0.6 is 11.8 Å². The van der Waals surface area contributed by atoms with Crippen molar-refractivity contribution in [2.24, 2.45) is 0 Å². The van der Waals surface area contributed by atoms with E-state index in [0.717, 1.165) is 0 Å². The molecule has 7 N–H and O–H groups in total. The number of hydrogen-bond donors (Lipinski definition) is 7. The van der Waals surface area contributed by atoms with Gasteiger partial charge in [0.15, 0.2) is 12.6 Å². The van der Waals surface area contributed by atoms with E-state index in [2.05, 4.69) is 0 Å². The molecule has 12 heteroatoms. The van der Waals surface area contributed by atoms with Gasteiger partial charge in [-0.2, -0.15) is 11.8 Å². The first-order valence-electron chi connectivity index (χ1n) is 9.19. The first kappa shape index (κ1) is 24.9. The maximum Gasteiger partial charge on any atom is 0.187 e. The van der Waals surface area contributed by atoms with Crippen LogP contribution in [-0.2, 0) is 18.9 Å². The van der Waals surface area contributed by atoms with Crippen LogP contribution in [-0.4, -0.2) is 129 Å². The van der Waals surface area contributed by atoms with E-state index in [1.807, 2.05) is 0 Å². The summed E-state index contributed by atoms with van der Waals surface area (Å²) in [7, 11) is 1.33. The molecule has 10 atom stereocenters. The molecule has 0 aliphatic carbocycles. The fraction of sp³-hybridized carbons (Fsp3) is 0.882. The smallest absolute Gasteiger partial charge is 0.187 e. The van der Waals surface area contributed by atoms with Crippen molar-refractivity contribution in [3.05, 3.63) is 12.2 Å². The molecule has 0 aromatic carbocycles. The quantitative estimate of drug-likeness (QED) is 0.139. The van der Waals surface area contributed by atoms with E-state index in [4.69, 9.17) is 24.1 Å². The SMILES string of the molecule is CO[C@H]1O[C@H](CSC/C=C/CO[C@@H]2O[C@H](CO)[C@@H](O)[C@H](O)[C@H]2O)[C@@H](O)[C@H](O)[C@H]1O. The Bertz CT molecular complexity index is 506. The van der Waals surface area contributed by atoms with Crippen molar-refractivity contribution in [3.63, 3.8) is 0 Å². The lowest BCUT2D eigenvalue weighted by molar-refractivity contribution is -0.298. The number of hydrogen-bond acceptors (Lipinski definition) is 12. The van der Waals surface area contributed by atoms with Gasteiger partial charge in [-0.15, -0.1) is 0 Å². The van der Waals surface area contributed by atoms with Gasteiger partial charge in [-0.1, -0.05) is 12.2 Å². The van der Waals surface area contributed by atoms with Crippen LogP contribution in [0.4, 0.5) is 0 Å². The third-order valence-corrected chi connectivity index (χ3v) is 5.76. The van der Waals surface area contributed by atoms with E-state index in [-0.39, 0.29) is 6.61 Å². The number of rotatable bonds is 9. The van der Waals surface area contributed by atoms with Crippen LogP contribution in [0.1, 0.15) is 0 Å². The Morgan fingerprint density at radius 3 is 2.00 bits per heavy atom. The normalized spacial score (nSPS) is 43.7. The number of thioether (sulfide) groups is 1. The Labute approximate surface area is 172 Å². The van der Waals surface area contributed by atoms with E-state index >= 15 is 0 Å². The summed E-state index contributed by atoms with van der Waals surface area (Å²) in [5.74, 6) is 0.879. The molecule has 170 valence electrons. The minimum atomic E-state index is -1.49. The van der Waals surface area contributed by atoms with Gasteiger partial charge < -0.3 is 54.7 Å². The molecule has 2 fully saturated rings. The maximum absolute atomic E-state index is 9.98. The van der Waals surface area contributed by atoms with Gasteiger partial charge in [-0.3, -0.25) is 0 Å². The number of ether oxygens (including phenoxy) is 4. The zero-order valence-electron chi connectivity index (χ0n) is 15.9. The highest BCUT2D eigenvalue weighted by Crippen LogP contribution is 2.24. The van der Waals surface area contributed by atoms with Crippen LogP contribution in [0.2, 0.25) is 0 Å². The molecular weight excluding hydrogens is 412 g/mol. The van der Waals surface area contributed by atoms with Crippen LogP contribution in [0.5, 0.6) is 0 Å². The van der Waals surface area contributed by atoms with Gasteiger partial charge in [0.25, 0.3) is 0 Å². The summed E-state index contributed by atoms with van der Waals surface area (Å²) >= 11 is 1.41. The molecule has 2 heterocycles. The van der Waals surface area contributed by atoms with Crippen molar-refractivity contribution in [1.82, 2.24) is 0 Å². The fourth-order valence-electron chi connectivity index (χ4n) is 2.99. The van der Waals surface area contributed by atoms with Crippen molar-refractivity contribution in [2.75, 3.05) is 31.8 Å². The lowest BCUT2D eigenvalue weighted by Crippen LogP contribution is -2.59. The minimum absolute atomic E-state index is 0.0580. The molecule has 2 aliphatic rings. The Kier molecular flexibility index (Phi) is 10.2. The van der Waals surface area contributed by atoms with Crippen LogP contribution in [0.3, 0.4) is 0 Å². The second-order valence-corrected chi connectivity index (χ2v) is 7.86. The van der Waals surface area contributed by atoms with Crippen molar-refractivity contribution < 1.29 is 54.7 Å². The summed E-state index contributed by atoms with van der Waals surface area (Å²) in [5.41, 5.74) is 0. The van der Waals surface area contributed by atoms with Gasteiger partial charge in [0, 0.05) is 18.6 Å². The van der Waals surface area contributed by atoms with Crippen LogP contribution in [0.25, 0.3) is 0 Å². The van der Waals surface area contributed by atoms with E-state index in [9.17, 15) is 30.6 Å². The second-order valence-electron chi connectivity index (χ2n) is 6.79. The summed E-state index contributed by atoms with van der Waals surface area (Å²) < 4.78 is 20.9. The molecule has 0 saturated carbocycles. The summed E-state index contributed by atoms with van der Waals surface area (Å²) in [6, 6.07) is 0. The third-order valence-electron chi connectivity index (χ3n) is 4.77. The van der Waals surface area contributed by atoms with E-state index < -0.39 is 68.0 Å². The number of aliphatic hydroxyl groups excluding tert-OH is 7. The lowest BCUT2D eigenvalue weighted by Gasteiger charge is -2.39. The topological polar surface area (TPSA) is 179 Å². The molecule has 2 aliphatic heterocycles. The average molecular weight is 442 g/mol. The highest BCUT2D eigenvalue weighted by atomic mass is 32.2. The maximum atomic E-state index is 9.98. The van der Waals surface area contributed by atoms with E-state index in [1.165, 1.54) is 18.9 Å². The molecule has 0 spiro atoms. The number of methoxy groups -OCH3 is 1. The molecule has 0 radical (unpaired) electrons. The highest BCUT2D eigenvalue weighted by Gasteiger charge is 2.44. The molecule has 2 saturated heterocycles. The van der Waals surface area contributed by atoms with Gasteiger partial charge in [-0.25, -0.2) is 0 Å². The van der Waals surface area contributed by atoms with Gasteiger partial charge >= 0.3 is 0 Å². The Hall–Kier alpha value is -0.350. The summed E-state index contributed by atoms with van der Waals surface area (Å²) in [4.78, 5) is 0. The van der Waals surface area contributed by atoms with Crippen molar-refractivity contribution in [3.8, 4) is 0 Å². The van der Waals surface area contributed by atoms with Gasteiger partial charge in [-0.05, 0) is 0 Å². The number of aliphatic hydroxyl groups is 7. The molecule has 0 amide bonds. The zero-order chi connectivity index (χ0) is 21.6. The van der Waals surface area contributed by atoms with Gasteiger partial charge in [0.2, 0.25) is 0 Å². The van der Waals surface area contributed by atoms with Gasteiger partial charge in [0.05, 0.1) is 19.3 Å². The molecule has 11 nitrogen and oxygen atoms in total. The summed E-state index contributed by atoms with van der Waals surface area (Å²) in [5, 5.41) is 67.9. The van der Waals surface area contributed by atoms with Crippen molar-refractivity contribution in [2.45, 2.75) is 61.4 Å². The predicted octanol–water partition coefficient (Wildman–Crippen LogP) is -3.45. The van der Waals surface area contributed by atoms with Crippen molar-refractivity contribution in [1.29, 1.82) is 0 Å². The fourth-order valence-corrected chi connectivity index (χ4v) is 3.91. The Morgan fingerprint density at radius 1 is 0.793 bits per heavy atom. The first-order chi connectivity index (χ1) is 13.8. The van der Waals surface area contributed by atoms with Crippen LogP contribution in [0, 0.1) is 0 Å².